The number of carbonyl (C=O) groups excluding carboxylic acids is 1. The number of aromatic carboxylic acids is 1. The van der Waals surface area contributed by atoms with Gasteiger partial charge in [0.25, 0.3) is 5.91 Å². The fourth-order valence-corrected chi connectivity index (χ4v) is 3.49. The van der Waals surface area contributed by atoms with Crippen molar-refractivity contribution in [2.45, 2.75) is 49.2 Å². The topological polar surface area (TPSA) is 150 Å². The molecule has 0 saturated carbocycles. The van der Waals surface area contributed by atoms with Crippen molar-refractivity contribution in [3.8, 4) is 0 Å². The van der Waals surface area contributed by atoms with Crippen LogP contribution in [-0.4, -0.2) is 36.9 Å². The first-order valence-corrected chi connectivity index (χ1v) is 8.66. The standard InChI is InChI=1S/C15H21NO5S.H3NO/c1-2-3-4-5-9-13(14(17)16-20)22(21)12-8-6-7-11(10-12)15(18)19;1-2/h6-8,10,13,20H,2-5,9H2,1H3,(H,16,17)(H,18,19);2H,1H2. The van der Waals surface area contributed by atoms with Crippen molar-refractivity contribution in [1.82, 2.24) is 5.48 Å². The van der Waals surface area contributed by atoms with Crippen LogP contribution in [0.25, 0.3) is 0 Å². The van der Waals surface area contributed by atoms with E-state index in [1.807, 2.05) is 0 Å². The lowest BCUT2D eigenvalue weighted by Crippen LogP contribution is -2.35. The molecule has 9 heteroatoms. The highest BCUT2D eigenvalue weighted by molar-refractivity contribution is 7.86. The summed E-state index contributed by atoms with van der Waals surface area (Å²) in [5.74, 6) is 1.67. The molecular formula is C15H24N2O6S. The summed E-state index contributed by atoms with van der Waals surface area (Å²) >= 11 is 0. The zero-order valence-electron chi connectivity index (χ0n) is 13.5. The molecule has 0 radical (unpaired) electrons. The molecule has 1 aromatic rings. The van der Waals surface area contributed by atoms with Crippen LogP contribution < -0.4 is 11.4 Å². The van der Waals surface area contributed by atoms with E-state index in [1.54, 1.807) is 5.48 Å². The van der Waals surface area contributed by atoms with Gasteiger partial charge in [0.2, 0.25) is 0 Å². The van der Waals surface area contributed by atoms with Crippen LogP contribution in [-0.2, 0) is 15.6 Å². The predicted octanol–water partition coefficient (Wildman–Crippen LogP) is 1.67. The first-order valence-electron chi connectivity index (χ1n) is 7.45. The summed E-state index contributed by atoms with van der Waals surface area (Å²) in [5.41, 5.74) is 1.56. The van der Waals surface area contributed by atoms with E-state index in [1.165, 1.54) is 24.3 Å². The molecule has 0 spiro atoms. The fraction of sp³-hybridized carbons (Fsp3) is 0.467. The lowest BCUT2D eigenvalue weighted by molar-refractivity contribution is -0.128. The molecule has 2 atom stereocenters. The van der Waals surface area contributed by atoms with Crippen LogP contribution in [0.4, 0.5) is 0 Å². The van der Waals surface area contributed by atoms with Crippen LogP contribution in [0.5, 0.6) is 0 Å². The molecule has 136 valence electrons. The smallest absolute Gasteiger partial charge is 0.335 e. The van der Waals surface area contributed by atoms with Crippen molar-refractivity contribution in [2.75, 3.05) is 0 Å². The van der Waals surface area contributed by atoms with Crippen LogP contribution in [0.1, 0.15) is 49.4 Å². The highest BCUT2D eigenvalue weighted by Gasteiger charge is 2.26. The minimum Gasteiger partial charge on any atom is -0.478 e. The average molecular weight is 360 g/mol. The molecule has 8 nitrogen and oxygen atoms in total. The monoisotopic (exact) mass is 360 g/mol. The quantitative estimate of drug-likeness (QED) is 0.255. The summed E-state index contributed by atoms with van der Waals surface area (Å²) in [4.78, 5) is 23.0. The van der Waals surface area contributed by atoms with Gasteiger partial charge in [0.15, 0.2) is 0 Å². The number of carboxylic acid groups (broad SMARTS) is 1. The molecule has 0 aliphatic rings. The van der Waals surface area contributed by atoms with Gasteiger partial charge < -0.3 is 10.3 Å². The van der Waals surface area contributed by atoms with Crippen molar-refractivity contribution in [3.63, 3.8) is 0 Å². The number of unbranched alkanes of at least 4 members (excludes halogenated alkanes) is 3. The summed E-state index contributed by atoms with van der Waals surface area (Å²) in [6.45, 7) is 2.06. The molecule has 6 N–H and O–H groups in total. The number of hydrogen-bond donors (Lipinski definition) is 5. The lowest BCUT2D eigenvalue weighted by atomic mass is 10.1. The first-order chi connectivity index (χ1) is 11.5. The van der Waals surface area contributed by atoms with Gasteiger partial charge in [-0.15, -0.1) is 0 Å². The summed E-state index contributed by atoms with van der Waals surface area (Å²) in [6.07, 6.45) is 4.07. The number of nitrogens with two attached hydrogens (primary N) is 1. The maximum atomic E-state index is 12.5. The SMILES string of the molecule is CCCCCCC(C(=O)NO)S(=O)c1cccc(C(=O)O)c1.NO. The van der Waals surface area contributed by atoms with Gasteiger partial charge in [-0.2, -0.15) is 0 Å². The number of rotatable bonds is 9. The molecule has 1 rings (SSSR count). The highest BCUT2D eigenvalue weighted by atomic mass is 32.2. The third kappa shape index (κ3) is 7.18. The van der Waals surface area contributed by atoms with Crippen LogP contribution in [0.3, 0.4) is 0 Å². The van der Waals surface area contributed by atoms with E-state index in [0.29, 0.717) is 6.42 Å². The molecule has 0 aromatic heterocycles. The van der Waals surface area contributed by atoms with E-state index in [9.17, 15) is 13.8 Å². The van der Waals surface area contributed by atoms with Crippen LogP contribution in [0.2, 0.25) is 0 Å². The Balaban J connectivity index is 0.00000254. The normalized spacial score (nSPS) is 12.5. The third-order valence-electron chi connectivity index (χ3n) is 3.29. The molecule has 0 saturated heterocycles. The molecule has 0 aliphatic heterocycles. The first kappa shape index (κ1) is 22.2. The molecule has 1 amide bonds. The van der Waals surface area contributed by atoms with Crippen molar-refractivity contribution >= 4 is 22.7 Å². The molecule has 2 unspecified atom stereocenters. The Morgan fingerprint density at radius 1 is 1.25 bits per heavy atom. The lowest BCUT2D eigenvalue weighted by Gasteiger charge is -2.15. The van der Waals surface area contributed by atoms with Crippen LogP contribution in [0, 0.1) is 0 Å². The van der Waals surface area contributed by atoms with Gasteiger partial charge in [0.05, 0.1) is 16.4 Å². The zero-order chi connectivity index (χ0) is 18.5. The van der Waals surface area contributed by atoms with Gasteiger partial charge in [0, 0.05) is 4.90 Å². The number of hydrogen-bond acceptors (Lipinski definition) is 6. The average Bonchev–Trinajstić information content (AvgIpc) is 2.62. The molecule has 0 fully saturated rings. The number of carbonyl (C=O) groups is 2. The summed E-state index contributed by atoms with van der Waals surface area (Å²) in [6, 6.07) is 5.70. The molecule has 0 heterocycles. The van der Waals surface area contributed by atoms with Gasteiger partial charge in [-0.3, -0.25) is 14.2 Å². The Kier molecular flexibility index (Phi) is 11.6. The predicted molar refractivity (Wildman–Crippen MR) is 88.3 cm³/mol. The number of nitrogens with one attached hydrogen (secondary N) is 1. The Labute approximate surface area is 143 Å². The Morgan fingerprint density at radius 2 is 1.92 bits per heavy atom. The molecule has 1 aromatic carbocycles. The van der Waals surface area contributed by atoms with Crippen LogP contribution in [0.15, 0.2) is 29.2 Å². The van der Waals surface area contributed by atoms with E-state index in [2.05, 4.69) is 12.8 Å². The summed E-state index contributed by atoms with van der Waals surface area (Å²) in [5, 5.41) is 23.4. The van der Waals surface area contributed by atoms with Gasteiger partial charge >= 0.3 is 5.97 Å². The van der Waals surface area contributed by atoms with Crippen LogP contribution >= 0.6 is 0 Å². The second kappa shape index (κ2) is 12.6. The second-order valence-electron chi connectivity index (χ2n) is 4.94. The Bertz CT molecular complexity index is 553. The van der Waals surface area contributed by atoms with E-state index in [4.69, 9.17) is 15.5 Å². The highest BCUT2D eigenvalue weighted by Crippen LogP contribution is 2.18. The Morgan fingerprint density at radius 3 is 2.46 bits per heavy atom. The van der Waals surface area contributed by atoms with Gasteiger partial charge in [-0.1, -0.05) is 38.7 Å². The maximum absolute atomic E-state index is 12.5. The van der Waals surface area contributed by atoms with E-state index in [0.717, 1.165) is 25.7 Å². The molecular weight excluding hydrogens is 336 g/mol. The van der Waals surface area contributed by atoms with Gasteiger partial charge in [-0.05, 0) is 24.6 Å². The third-order valence-corrected chi connectivity index (χ3v) is 4.98. The number of hydroxylamine groups is 1. The largest absolute Gasteiger partial charge is 0.478 e. The number of carboxylic acids is 1. The maximum Gasteiger partial charge on any atom is 0.335 e. The molecule has 0 bridgehead atoms. The van der Waals surface area contributed by atoms with Crippen molar-refractivity contribution < 1.29 is 29.3 Å². The summed E-state index contributed by atoms with van der Waals surface area (Å²) < 4.78 is 12.5. The zero-order valence-corrected chi connectivity index (χ0v) is 14.3. The van der Waals surface area contributed by atoms with Crippen molar-refractivity contribution in [1.29, 1.82) is 0 Å². The fourth-order valence-electron chi connectivity index (χ4n) is 2.08. The number of benzene rings is 1. The second-order valence-corrected chi connectivity index (χ2v) is 6.58. The van der Waals surface area contributed by atoms with Crippen molar-refractivity contribution in [3.05, 3.63) is 29.8 Å². The Hall–Kier alpha value is -1.81. The van der Waals surface area contributed by atoms with E-state index >= 15 is 0 Å². The molecule has 24 heavy (non-hydrogen) atoms. The van der Waals surface area contributed by atoms with Gasteiger partial charge in [0.1, 0.15) is 5.25 Å². The minimum atomic E-state index is -1.72. The van der Waals surface area contributed by atoms with E-state index in [-0.39, 0.29) is 10.5 Å². The van der Waals surface area contributed by atoms with E-state index < -0.39 is 27.9 Å². The molecule has 0 aliphatic carbocycles. The number of amides is 1. The summed E-state index contributed by atoms with van der Waals surface area (Å²) in [7, 11) is -1.72. The minimum absolute atomic E-state index is 0.0139. The van der Waals surface area contributed by atoms with Gasteiger partial charge in [-0.25, -0.2) is 16.2 Å². The van der Waals surface area contributed by atoms with Crippen molar-refractivity contribution in [2.24, 2.45) is 5.90 Å².